The van der Waals surface area contributed by atoms with Crippen molar-refractivity contribution < 1.29 is 14.3 Å². The molecule has 1 amide bonds. The van der Waals surface area contributed by atoms with Gasteiger partial charge in [0.2, 0.25) is 5.91 Å². The largest absolute Gasteiger partial charge is 0.369 e. The molecule has 5 nitrogen and oxygen atoms in total. The van der Waals surface area contributed by atoms with Crippen molar-refractivity contribution in [3.63, 3.8) is 0 Å². The van der Waals surface area contributed by atoms with Crippen molar-refractivity contribution in [1.82, 2.24) is 5.32 Å². The molecule has 0 radical (unpaired) electrons. The van der Waals surface area contributed by atoms with Crippen LogP contribution in [0.15, 0.2) is 0 Å². The predicted octanol–water partition coefficient (Wildman–Crippen LogP) is 0.383. The van der Waals surface area contributed by atoms with Crippen molar-refractivity contribution in [2.24, 2.45) is 11.7 Å². The highest BCUT2D eigenvalue weighted by atomic mass is 16.7. The van der Waals surface area contributed by atoms with Gasteiger partial charge in [0.05, 0.1) is 12.7 Å². The molecule has 1 heterocycles. The first-order valence-electron chi connectivity index (χ1n) is 6.47. The second-order valence-corrected chi connectivity index (χ2v) is 4.96. The van der Waals surface area contributed by atoms with Crippen LogP contribution in [0.3, 0.4) is 0 Å². The number of nitrogens with one attached hydrogen (secondary N) is 1. The molecule has 0 aromatic heterocycles. The zero-order valence-electron chi connectivity index (χ0n) is 10.2. The first-order chi connectivity index (χ1) is 8.25. The monoisotopic (exact) mass is 242 g/mol. The van der Waals surface area contributed by atoms with E-state index >= 15 is 0 Å². The predicted molar refractivity (Wildman–Crippen MR) is 63.3 cm³/mol. The molecule has 1 saturated heterocycles. The third-order valence-corrected chi connectivity index (χ3v) is 3.73. The van der Waals surface area contributed by atoms with Gasteiger partial charge in [-0.25, -0.2) is 0 Å². The molecule has 0 bridgehead atoms. The van der Waals surface area contributed by atoms with Gasteiger partial charge in [0.1, 0.15) is 6.79 Å². The number of amides is 1. The van der Waals surface area contributed by atoms with E-state index in [9.17, 15) is 4.79 Å². The standard InChI is InChI=1S/C12H22N2O3/c13-12(15)9-1-3-10(4-2-9)14-7-11-5-6-16-8-17-11/h9-11,14H,1-8H2,(H2,13,15). The molecule has 17 heavy (non-hydrogen) atoms. The molecule has 1 saturated carbocycles. The Morgan fingerprint density at radius 3 is 2.59 bits per heavy atom. The molecular formula is C12H22N2O3. The molecule has 2 rings (SSSR count). The molecule has 3 N–H and O–H groups in total. The van der Waals surface area contributed by atoms with Crippen LogP contribution in [0, 0.1) is 5.92 Å². The minimum Gasteiger partial charge on any atom is -0.369 e. The Morgan fingerprint density at radius 2 is 2.00 bits per heavy atom. The topological polar surface area (TPSA) is 73.6 Å². The van der Waals surface area contributed by atoms with Gasteiger partial charge in [0.25, 0.3) is 0 Å². The lowest BCUT2D eigenvalue weighted by molar-refractivity contribution is -0.137. The van der Waals surface area contributed by atoms with Crippen LogP contribution in [-0.2, 0) is 14.3 Å². The van der Waals surface area contributed by atoms with E-state index in [0.29, 0.717) is 12.8 Å². The lowest BCUT2D eigenvalue weighted by atomic mass is 9.85. The molecule has 1 atom stereocenters. The third-order valence-electron chi connectivity index (χ3n) is 3.73. The zero-order valence-corrected chi connectivity index (χ0v) is 10.2. The highest BCUT2D eigenvalue weighted by Gasteiger charge is 2.25. The summed E-state index contributed by atoms with van der Waals surface area (Å²) < 4.78 is 10.6. The highest BCUT2D eigenvalue weighted by molar-refractivity contribution is 5.76. The van der Waals surface area contributed by atoms with Crippen molar-refractivity contribution in [2.75, 3.05) is 19.9 Å². The van der Waals surface area contributed by atoms with Gasteiger partial charge in [0.15, 0.2) is 0 Å². The minimum atomic E-state index is -0.142. The Kier molecular flexibility index (Phi) is 4.76. The van der Waals surface area contributed by atoms with E-state index in [1.807, 2.05) is 0 Å². The summed E-state index contributed by atoms with van der Waals surface area (Å²) in [6, 6.07) is 0.511. The molecule has 2 aliphatic rings. The van der Waals surface area contributed by atoms with Crippen molar-refractivity contribution in [2.45, 2.75) is 44.2 Å². The van der Waals surface area contributed by atoms with E-state index in [1.165, 1.54) is 0 Å². The average Bonchev–Trinajstić information content (AvgIpc) is 2.38. The molecular weight excluding hydrogens is 220 g/mol. The van der Waals surface area contributed by atoms with Crippen LogP contribution in [0.2, 0.25) is 0 Å². The molecule has 0 aromatic rings. The molecule has 1 aliphatic heterocycles. The number of carbonyl (C=O) groups excluding carboxylic acids is 1. The highest BCUT2D eigenvalue weighted by Crippen LogP contribution is 2.24. The maximum absolute atomic E-state index is 11.0. The van der Waals surface area contributed by atoms with Crippen molar-refractivity contribution in [3.8, 4) is 0 Å². The number of nitrogens with two attached hydrogens (primary N) is 1. The number of hydrogen-bond donors (Lipinski definition) is 2. The van der Waals surface area contributed by atoms with Gasteiger partial charge < -0.3 is 20.5 Å². The van der Waals surface area contributed by atoms with Gasteiger partial charge in [-0.3, -0.25) is 4.79 Å². The first kappa shape index (κ1) is 12.8. The van der Waals surface area contributed by atoms with Gasteiger partial charge in [-0.1, -0.05) is 0 Å². The summed E-state index contributed by atoms with van der Waals surface area (Å²) in [6.45, 7) is 2.09. The second-order valence-electron chi connectivity index (χ2n) is 4.96. The normalized spacial score (nSPS) is 34.5. The van der Waals surface area contributed by atoms with Crippen molar-refractivity contribution >= 4 is 5.91 Å². The van der Waals surface area contributed by atoms with Gasteiger partial charge in [-0.15, -0.1) is 0 Å². The second kappa shape index (κ2) is 6.33. The summed E-state index contributed by atoms with van der Waals surface area (Å²) in [7, 11) is 0. The van der Waals surface area contributed by atoms with Gasteiger partial charge >= 0.3 is 0 Å². The number of hydrogen-bond acceptors (Lipinski definition) is 4. The molecule has 0 aromatic carbocycles. The number of rotatable bonds is 4. The van der Waals surface area contributed by atoms with Crippen LogP contribution in [-0.4, -0.2) is 38.0 Å². The van der Waals surface area contributed by atoms with Crippen LogP contribution in [0.5, 0.6) is 0 Å². The van der Waals surface area contributed by atoms with Crippen LogP contribution >= 0.6 is 0 Å². The van der Waals surface area contributed by atoms with Crippen molar-refractivity contribution in [1.29, 1.82) is 0 Å². The van der Waals surface area contributed by atoms with Crippen LogP contribution in [0.4, 0.5) is 0 Å². The van der Waals surface area contributed by atoms with Crippen LogP contribution in [0.25, 0.3) is 0 Å². The SMILES string of the molecule is NC(=O)C1CCC(NCC2CCOCO2)CC1. The third kappa shape index (κ3) is 3.94. The Bertz CT molecular complexity index is 246. The van der Waals surface area contributed by atoms with E-state index in [2.05, 4.69) is 5.32 Å². The first-order valence-corrected chi connectivity index (χ1v) is 6.47. The molecule has 1 unspecified atom stereocenters. The van der Waals surface area contributed by atoms with Crippen molar-refractivity contribution in [3.05, 3.63) is 0 Å². The van der Waals surface area contributed by atoms with Crippen LogP contribution in [0.1, 0.15) is 32.1 Å². The molecule has 5 heteroatoms. The molecule has 98 valence electrons. The summed E-state index contributed by atoms with van der Waals surface area (Å²) in [4.78, 5) is 11.0. The quantitative estimate of drug-likeness (QED) is 0.747. The fourth-order valence-electron chi connectivity index (χ4n) is 2.54. The maximum atomic E-state index is 11.0. The Morgan fingerprint density at radius 1 is 1.24 bits per heavy atom. The zero-order chi connectivity index (χ0) is 12.1. The lowest BCUT2D eigenvalue weighted by Crippen LogP contribution is -2.42. The molecule has 0 spiro atoms. The van der Waals surface area contributed by atoms with Gasteiger partial charge in [-0.2, -0.15) is 0 Å². The summed E-state index contributed by atoms with van der Waals surface area (Å²) in [5, 5.41) is 3.52. The molecule has 2 fully saturated rings. The Labute approximate surface area is 102 Å². The van der Waals surface area contributed by atoms with E-state index in [-0.39, 0.29) is 17.9 Å². The lowest BCUT2D eigenvalue weighted by Gasteiger charge is -2.30. The summed E-state index contributed by atoms with van der Waals surface area (Å²) in [6.07, 6.45) is 5.15. The maximum Gasteiger partial charge on any atom is 0.220 e. The average molecular weight is 242 g/mol. The summed E-state index contributed by atoms with van der Waals surface area (Å²) in [5.74, 6) is -0.0522. The smallest absolute Gasteiger partial charge is 0.220 e. The van der Waals surface area contributed by atoms with E-state index in [1.54, 1.807) is 0 Å². The molecule has 1 aliphatic carbocycles. The summed E-state index contributed by atoms with van der Waals surface area (Å²) >= 11 is 0. The fourth-order valence-corrected chi connectivity index (χ4v) is 2.54. The van der Waals surface area contributed by atoms with Gasteiger partial charge in [-0.05, 0) is 32.1 Å². The number of carbonyl (C=O) groups is 1. The Balaban J connectivity index is 1.62. The van der Waals surface area contributed by atoms with Gasteiger partial charge in [0, 0.05) is 18.5 Å². The number of ether oxygens (including phenoxy) is 2. The fraction of sp³-hybridized carbons (Fsp3) is 0.917. The van der Waals surface area contributed by atoms with E-state index < -0.39 is 0 Å². The van der Waals surface area contributed by atoms with E-state index in [0.717, 1.165) is 45.3 Å². The van der Waals surface area contributed by atoms with Crippen LogP contribution < -0.4 is 11.1 Å². The minimum absolute atomic E-state index is 0.0902. The Hall–Kier alpha value is -0.650. The number of primary amides is 1. The van der Waals surface area contributed by atoms with E-state index in [4.69, 9.17) is 15.2 Å². The summed E-state index contributed by atoms with van der Waals surface area (Å²) in [5.41, 5.74) is 5.31.